The molecule has 3 fully saturated rings. The predicted molar refractivity (Wildman–Crippen MR) is 129 cm³/mol. The number of piperidine rings is 1. The van der Waals surface area contributed by atoms with Gasteiger partial charge in [0.05, 0.1) is 6.07 Å². The number of rotatable bonds is 8. The summed E-state index contributed by atoms with van der Waals surface area (Å²) >= 11 is 0. The lowest BCUT2D eigenvalue weighted by Crippen LogP contribution is -2.60. The van der Waals surface area contributed by atoms with Crippen molar-refractivity contribution in [3.8, 4) is 6.07 Å². The van der Waals surface area contributed by atoms with Crippen LogP contribution in [-0.4, -0.2) is 80.7 Å². The number of nitriles is 1. The zero-order chi connectivity index (χ0) is 26.5. The average molecular weight is 511 g/mol. The molecule has 2 saturated heterocycles. The molecular weight excluding hydrogens is 472 g/mol. The van der Waals surface area contributed by atoms with Gasteiger partial charge in [0, 0.05) is 33.1 Å². The molecule has 3 amide bonds. The van der Waals surface area contributed by atoms with Crippen LogP contribution in [0.5, 0.6) is 0 Å². The summed E-state index contributed by atoms with van der Waals surface area (Å²) < 4.78 is 28.6. The third kappa shape index (κ3) is 5.32. The van der Waals surface area contributed by atoms with Crippen molar-refractivity contribution in [2.24, 2.45) is 28.6 Å². The summed E-state index contributed by atoms with van der Waals surface area (Å²) in [6.07, 6.45) is 0.817. The van der Waals surface area contributed by atoms with Gasteiger partial charge in [0.1, 0.15) is 18.1 Å². The van der Waals surface area contributed by atoms with Crippen molar-refractivity contribution in [3.63, 3.8) is 0 Å². The fourth-order valence-corrected chi connectivity index (χ4v) is 6.35. The van der Waals surface area contributed by atoms with Crippen LogP contribution in [0.2, 0.25) is 0 Å². The number of nitrogens with one attached hydrogen (secondary N) is 3. The Morgan fingerprint density at radius 2 is 1.94 bits per heavy atom. The Hall–Kier alpha value is -2.23. The van der Waals surface area contributed by atoms with Gasteiger partial charge >= 0.3 is 0 Å². The van der Waals surface area contributed by atoms with E-state index in [9.17, 15) is 28.1 Å². The number of hydrogen-bond donors (Lipinski definition) is 3. The van der Waals surface area contributed by atoms with Crippen LogP contribution >= 0.6 is 0 Å². The van der Waals surface area contributed by atoms with Crippen molar-refractivity contribution < 1.29 is 22.8 Å². The first kappa shape index (κ1) is 27.4. The molecule has 2 heterocycles. The third-order valence-electron chi connectivity index (χ3n) is 7.78. The van der Waals surface area contributed by atoms with Crippen LogP contribution in [0.15, 0.2) is 0 Å². The highest BCUT2D eigenvalue weighted by molar-refractivity contribution is 7.87. The molecule has 0 bridgehead atoms. The van der Waals surface area contributed by atoms with Crippen molar-refractivity contribution in [1.29, 1.82) is 5.26 Å². The fourth-order valence-electron chi connectivity index (χ4n) is 5.39. The van der Waals surface area contributed by atoms with Gasteiger partial charge in [-0.25, -0.2) is 0 Å². The molecule has 1 saturated carbocycles. The van der Waals surface area contributed by atoms with Crippen molar-refractivity contribution in [1.82, 2.24) is 24.6 Å². The minimum atomic E-state index is -3.91. The molecule has 0 radical (unpaired) electrons. The highest BCUT2D eigenvalue weighted by Gasteiger charge is 2.69. The van der Waals surface area contributed by atoms with Crippen molar-refractivity contribution in [2.45, 2.75) is 65.6 Å². The summed E-state index contributed by atoms with van der Waals surface area (Å²) in [5, 5.41) is 15.1. The number of amides is 3. The second-order valence-electron chi connectivity index (χ2n) is 11.8. The van der Waals surface area contributed by atoms with E-state index in [4.69, 9.17) is 0 Å². The summed E-state index contributed by atoms with van der Waals surface area (Å²) in [5.74, 6) is -1.35. The van der Waals surface area contributed by atoms with E-state index in [1.807, 2.05) is 13.8 Å². The number of likely N-dealkylation sites (tertiary alicyclic amines) is 1. The number of carbonyl (C=O) groups excluding carboxylic acids is 3. The molecule has 0 aromatic heterocycles. The second-order valence-corrected chi connectivity index (χ2v) is 13.7. The number of hydrogen-bond acceptors (Lipinski definition) is 6. The van der Waals surface area contributed by atoms with Crippen molar-refractivity contribution in [3.05, 3.63) is 0 Å². The summed E-state index contributed by atoms with van der Waals surface area (Å²) in [6, 6.07) is -0.685. The van der Waals surface area contributed by atoms with E-state index in [2.05, 4.69) is 21.4 Å². The Morgan fingerprint density at radius 3 is 2.43 bits per heavy atom. The van der Waals surface area contributed by atoms with E-state index < -0.39 is 45.6 Å². The number of carbonyl (C=O) groups is 3. The molecule has 3 rings (SSSR count). The molecule has 196 valence electrons. The van der Waals surface area contributed by atoms with Gasteiger partial charge in [-0.3, -0.25) is 14.4 Å². The second kappa shape index (κ2) is 9.33. The average Bonchev–Trinajstić information content (AvgIpc) is 3.10. The van der Waals surface area contributed by atoms with Gasteiger partial charge in [0.2, 0.25) is 17.7 Å². The number of fused-ring (bicyclic) bond motifs is 1. The van der Waals surface area contributed by atoms with Gasteiger partial charge in [-0.15, -0.1) is 0 Å². The molecule has 0 spiro atoms. The van der Waals surface area contributed by atoms with Gasteiger partial charge in [-0.2, -0.15) is 22.7 Å². The van der Waals surface area contributed by atoms with E-state index in [0.717, 1.165) is 4.31 Å². The molecule has 0 aromatic rings. The van der Waals surface area contributed by atoms with Gasteiger partial charge in [0.15, 0.2) is 0 Å². The lowest BCUT2D eigenvalue weighted by Gasteiger charge is -2.38. The summed E-state index contributed by atoms with van der Waals surface area (Å²) in [4.78, 5) is 40.6. The molecule has 3 N–H and O–H groups in total. The molecule has 0 aromatic carbocycles. The van der Waals surface area contributed by atoms with Gasteiger partial charge in [-0.05, 0) is 35.5 Å². The maximum atomic E-state index is 13.7. The van der Waals surface area contributed by atoms with E-state index in [1.54, 1.807) is 20.8 Å². The summed E-state index contributed by atoms with van der Waals surface area (Å²) in [6.45, 7) is 10.3. The lowest BCUT2D eigenvalue weighted by molar-refractivity contribution is -0.143. The minimum Gasteiger partial charge on any atom is -0.356 e. The molecule has 11 nitrogen and oxygen atoms in total. The quantitative estimate of drug-likeness (QED) is 0.412. The predicted octanol–water partition coefficient (Wildman–Crippen LogP) is -0.185. The van der Waals surface area contributed by atoms with Crippen LogP contribution in [0.25, 0.3) is 0 Å². The minimum absolute atomic E-state index is 0.0911. The summed E-state index contributed by atoms with van der Waals surface area (Å²) in [7, 11) is -1.15. The topological polar surface area (TPSA) is 152 Å². The Morgan fingerprint density at radius 1 is 1.31 bits per heavy atom. The van der Waals surface area contributed by atoms with Crippen molar-refractivity contribution in [2.75, 3.05) is 27.2 Å². The highest BCUT2D eigenvalue weighted by Crippen LogP contribution is 2.65. The first-order valence-corrected chi connectivity index (χ1v) is 13.4. The van der Waals surface area contributed by atoms with Crippen LogP contribution < -0.4 is 15.4 Å². The molecule has 3 aliphatic rings. The third-order valence-corrected chi connectivity index (χ3v) is 9.27. The Labute approximate surface area is 208 Å². The molecule has 12 heteroatoms. The van der Waals surface area contributed by atoms with Gasteiger partial charge in [0.25, 0.3) is 10.2 Å². The maximum absolute atomic E-state index is 13.7. The van der Waals surface area contributed by atoms with Gasteiger partial charge in [-0.1, -0.05) is 34.6 Å². The molecular formula is C23H38N6O5S. The van der Waals surface area contributed by atoms with Crippen LogP contribution in [0.4, 0.5) is 0 Å². The highest BCUT2D eigenvalue weighted by atomic mass is 32.2. The molecule has 2 unspecified atom stereocenters. The van der Waals surface area contributed by atoms with E-state index >= 15 is 0 Å². The van der Waals surface area contributed by atoms with Gasteiger partial charge < -0.3 is 15.5 Å². The van der Waals surface area contributed by atoms with Crippen LogP contribution in [0.1, 0.15) is 47.5 Å². The zero-order valence-electron chi connectivity index (χ0n) is 21.6. The molecule has 35 heavy (non-hydrogen) atoms. The Balaban J connectivity index is 1.83. The van der Waals surface area contributed by atoms with E-state index in [-0.39, 0.29) is 35.5 Å². The SMILES string of the molecule is CN(C)S(=O)(=O)NC(C(=O)N1C[C@H]2[C@@H]([C@H]1C(=O)N[C@H](C#N)CC1CCNC1=O)C2(C)C)C(C)(C)C. The van der Waals surface area contributed by atoms with Crippen molar-refractivity contribution >= 4 is 27.9 Å². The van der Waals surface area contributed by atoms with Crippen LogP contribution in [0.3, 0.4) is 0 Å². The molecule has 1 aliphatic carbocycles. The largest absolute Gasteiger partial charge is 0.356 e. The summed E-state index contributed by atoms with van der Waals surface area (Å²) in [5.41, 5.74) is -0.902. The maximum Gasteiger partial charge on any atom is 0.279 e. The fraction of sp³-hybridized carbons (Fsp3) is 0.826. The number of nitrogens with zero attached hydrogens (tertiary/aromatic N) is 3. The normalized spacial score (nSPS) is 29.2. The van der Waals surface area contributed by atoms with Crippen LogP contribution in [0, 0.1) is 39.9 Å². The first-order valence-electron chi connectivity index (χ1n) is 12.0. The smallest absolute Gasteiger partial charge is 0.279 e. The van der Waals surface area contributed by atoms with Crippen LogP contribution in [-0.2, 0) is 24.6 Å². The molecule has 6 atom stereocenters. The monoisotopic (exact) mass is 510 g/mol. The Bertz CT molecular complexity index is 1030. The first-order chi connectivity index (χ1) is 16.0. The zero-order valence-corrected chi connectivity index (χ0v) is 22.4. The lowest BCUT2D eigenvalue weighted by atomic mass is 9.86. The van der Waals surface area contributed by atoms with E-state index in [0.29, 0.717) is 19.5 Å². The van der Waals surface area contributed by atoms with E-state index in [1.165, 1.54) is 19.0 Å². The Kier molecular flexibility index (Phi) is 7.30. The standard InChI is InChI=1S/C23H38N6O5S/c1-22(2,3)18(27-35(33,34)28(6)7)21(32)29-12-15-16(23(15,4)5)17(29)20(31)26-14(11-24)10-13-8-9-25-19(13)30/h13-18,27H,8-10,12H2,1-7H3,(H,25,30)(H,26,31)/t13?,14-,15-,16-,17-,18?/m0/s1. The molecule has 2 aliphatic heterocycles.